The van der Waals surface area contributed by atoms with Gasteiger partial charge in [-0.05, 0) is 52.9 Å². The summed E-state index contributed by atoms with van der Waals surface area (Å²) in [6.07, 6.45) is 0. The molecule has 0 saturated carbocycles. The number of nitrogens with zero attached hydrogens (tertiary/aromatic N) is 5. The van der Waals surface area contributed by atoms with Crippen molar-refractivity contribution in [1.82, 2.24) is 30.4 Å². The SMILES string of the molecule is COc1ccc(-c2n[nH]c(=O)c3c2[C@H](c2cc(OC)ccc2OC)n2nnnc2N3)cc1. The molecule has 0 spiro atoms. The Labute approximate surface area is 181 Å². The fraction of sp³-hybridized carbons (Fsp3) is 0.190. The maximum atomic E-state index is 12.8. The first kappa shape index (κ1) is 19.5. The second-order valence-electron chi connectivity index (χ2n) is 7.00. The van der Waals surface area contributed by atoms with Crippen LogP contribution in [0.15, 0.2) is 47.3 Å². The third kappa shape index (κ3) is 3.02. The van der Waals surface area contributed by atoms with Gasteiger partial charge in [-0.1, -0.05) is 5.10 Å². The van der Waals surface area contributed by atoms with E-state index in [0.717, 1.165) is 5.56 Å². The molecule has 4 aromatic rings. The number of tetrazole rings is 1. The summed E-state index contributed by atoms with van der Waals surface area (Å²) in [5, 5.41) is 22.0. The number of aromatic amines is 1. The number of H-pyrrole nitrogens is 1. The Bertz CT molecular complexity index is 1350. The zero-order chi connectivity index (χ0) is 22.2. The summed E-state index contributed by atoms with van der Waals surface area (Å²) in [5.74, 6) is 2.24. The molecule has 11 heteroatoms. The average molecular weight is 433 g/mol. The molecule has 5 rings (SSSR count). The van der Waals surface area contributed by atoms with Crippen LogP contribution in [0.2, 0.25) is 0 Å². The molecule has 0 bridgehead atoms. The number of ether oxygens (including phenoxy) is 3. The molecular formula is C21H19N7O4. The summed E-state index contributed by atoms with van der Waals surface area (Å²) in [5.41, 5.74) is 2.58. The predicted molar refractivity (Wildman–Crippen MR) is 115 cm³/mol. The van der Waals surface area contributed by atoms with Crippen molar-refractivity contribution in [3.05, 3.63) is 63.9 Å². The minimum Gasteiger partial charge on any atom is -0.497 e. The number of methoxy groups -OCH3 is 3. The molecule has 2 N–H and O–H groups in total. The normalized spacial score (nSPS) is 14.2. The third-order valence-electron chi connectivity index (χ3n) is 5.36. The van der Waals surface area contributed by atoms with Crippen LogP contribution in [0.25, 0.3) is 11.3 Å². The highest BCUT2D eigenvalue weighted by molar-refractivity contribution is 5.76. The Morgan fingerprint density at radius 1 is 0.969 bits per heavy atom. The van der Waals surface area contributed by atoms with Crippen molar-refractivity contribution in [2.45, 2.75) is 6.04 Å². The van der Waals surface area contributed by atoms with Gasteiger partial charge in [0.1, 0.15) is 29.0 Å². The van der Waals surface area contributed by atoms with E-state index in [0.29, 0.717) is 45.7 Å². The van der Waals surface area contributed by atoms with Crippen LogP contribution in [0, 0.1) is 0 Å². The number of benzene rings is 2. The topological polar surface area (TPSA) is 129 Å². The lowest BCUT2D eigenvalue weighted by Crippen LogP contribution is -2.29. The van der Waals surface area contributed by atoms with Crippen molar-refractivity contribution in [3.63, 3.8) is 0 Å². The van der Waals surface area contributed by atoms with Crippen LogP contribution < -0.4 is 25.1 Å². The van der Waals surface area contributed by atoms with Crippen molar-refractivity contribution in [3.8, 4) is 28.5 Å². The molecule has 1 aliphatic heterocycles. The van der Waals surface area contributed by atoms with Gasteiger partial charge in [0.2, 0.25) is 5.95 Å². The monoisotopic (exact) mass is 433 g/mol. The van der Waals surface area contributed by atoms with Crippen molar-refractivity contribution in [1.29, 1.82) is 0 Å². The van der Waals surface area contributed by atoms with E-state index in [9.17, 15) is 4.79 Å². The van der Waals surface area contributed by atoms with Gasteiger partial charge in [0.05, 0.1) is 27.0 Å². The predicted octanol–water partition coefficient (Wildman–Crippen LogP) is 2.14. The molecule has 2 aromatic carbocycles. The van der Waals surface area contributed by atoms with E-state index in [-0.39, 0.29) is 0 Å². The molecule has 3 heterocycles. The molecule has 0 saturated heterocycles. The molecule has 1 aliphatic rings. The Hall–Kier alpha value is -4.41. The van der Waals surface area contributed by atoms with Gasteiger partial charge in [0.15, 0.2) is 0 Å². The fourth-order valence-corrected chi connectivity index (χ4v) is 3.85. The van der Waals surface area contributed by atoms with Gasteiger partial charge in [-0.3, -0.25) is 4.79 Å². The summed E-state index contributed by atoms with van der Waals surface area (Å²) in [6, 6.07) is 12.2. The lowest BCUT2D eigenvalue weighted by Gasteiger charge is -2.29. The Balaban J connectivity index is 1.81. The maximum absolute atomic E-state index is 12.8. The lowest BCUT2D eigenvalue weighted by atomic mass is 9.91. The van der Waals surface area contributed by atoms with E-state index >= 15 is 0 Å². The van der Waals surface area contributed by atoms with Crippen molar-refractivity contribution >= 4 is 11.6 Å². The van der Waals surface area contributed by atoms with E-state index in [1.54, 1.807) is 38.1 Å². The number of nitrogens with one attached hydrogen (secondary N) is 2. The summed E-state index contributed by atoms with van der Waals surface area (Å²) in [6.45, 7) is 0. The number of hydrogen-bond donors (Lipinski definition) is 2. The fourth-order valence-electron chi connectivity index (χ4n) is 3.85. The Morgan fingerprint density at radius 2 is 1.72 bits per heavy atom. The molecule has 0 aliphatic carbocycles. The average Bonchev–Trinajstić information content (AvgIpc) is 3.31. The second kappa shape index (κ2) is 7.69. The number of rotatable bonds is 5. The minimum absolute atomic E-state index is 0.308. The van der Waals surface area contributed by atoms with Crippen molar-refractivity contribution in [2.75, 3.05) is 26.6 Å². The minimum atomic E-state index is -0.604. The highest BCUT2D eigenvalue weighted by Crippen LogP contribution is 2.44. The molecule has 1 atom stereocenters. The lowest BCUT2D eigenvalue weighted by molar-refractivity contribution is 0.392. The highest BCUT2D eigenvalue weighted by atomic mass is 16.5. The highest BCUT2D eigenvalue weighted by Gasteiger charge is 2.36. The molecule has 162 valence electrons. The molecule has 11 nitrogen and oxygen atoms in total. The van der Waals surface area contributed by atoms with Crippen LogP contribution in [0.3, 0.4) is 0 Å². The molecule has 0 amide bonds. The number of aromatic nitrogens is 6. The number of fused-ring (bicyclic) bond motifs is 2. The van der Waals surface area contributed by atoms with Gasteiger partial charge in [0.25, 0.3) is 5.56 Å². The van der Waals surface area contributed by atoms with Crippen LogP contribution in [-0.4, -0.2) is 51.7 Å². The van der Waals surface area contributed by atoms with Crippen molar-refractivity contribution < 1.29 is 14.2 Å². The maximum Gasteiger partial charge on any atom is 0.288 e. The number of hydrogen-bond acceptors (Lipinski definition) is 9. The van der Waals surface area contributed by atoms with E-state index in [1.807, 2.05) is 30.3 Å². The quantitative estimate of drug-likeness (QED) is 0.428. The smallest absolute Gasteiger partial charge is 0.288 e. The molecule has 2 aromatic heterocycles. The first-order valence-corrected chi connectivity index (χ1v) is 9.68. The van der Waals surface area contributed by atoms with E-state index in [2.05, 4.69) is 31.0 Å². The second-order valence-corrected chi connectivity index (χ2v) is 7.00. The van der Waals surface area contributed by atoms with E-state index in [1.165, 1.54) is 0 Å². The standard InChI is InChI=1S/C21H19N7O4/c1-30-12-6-4-11(5-7-12)17-16-18(20(29)24-23-17)22-21-25-26-27-28(21)19(16)14-10-13(31-2)8-9-15(14)32-3/h4-10,19H,1-3H3,(H,24,29)(H,22,25,27)/t19-/m0/s1. The van der Waals surface area contributed by atoms with E-state index in [4.69, 9.17) is 14.2 Å². The zero-order valence-electron chi connectivity index (χ0n) is 17.5. The largest absolute Gasteiger partial charge is 0.497 e. The van der Waals surface area contributed by atoms with Crippen LogP contribution >= 0.6 is 0 Å². The van der Waals surface area contributed by atoms with Crippen LogP contribution in [0.1, 0.15) is 17.2 Å². The summed E-state index contributed by atoms with van der Waals surface area (Å²) >= 11 is 0. The van der Waals surface area contributed by atoms with Gasteiger partial charge >= 0.3 is 0 Å². The zero-order valence-corrected chi connectivity index (χ0v) is 17.5. The molecular weight excluding hydrogens is 414 g/mol. The first-order valence-electron chi connectivity index (χ1n) is 9.68. The molecule has 0 unspecified atom stereocenters. The summed E-state index contributed by atoms with van der Waals surface area (Å²) in [7, 11) is 4.76. The molecule has 0 radical (unpaired) electrons. The Kier molecular flexibility index (Phi) is 4.70. The molecule has 32 heavy (non-hydrogen) atoms. The summed E-state index contributed by atoms with van der Waals surface area (Å²) < 4.78 is 17.9. The summed E-state index contributed by atoms with van der Waals surface area (Å²) in [4.78, 5) is 12.8. The third-order valence-corrected chi connectivity index (χ3v) is 5.36. The first-order chi connectivity index (χ1) is 15.6. The van der Waals surface area contributed by atoms with Gasteiger partial charge in [-0.15, -0.1) is 0 Å². The Morgan fingerprint density at radius 3 is 2.44 bits per heavy atom. The van der Waals surface area contributed by atoms with Gasteiger partial charge in [0, 0.05) is 16.7 Å². The van der Waals surface area contributed by atoms with Gasteiger partial charge < -0.3 is 19.5 Å². The van der Waals surface area contributed by atoms with E-state index < -0.39 is 11.6 Å². The van der Waals surface area contributed by atoms with Gasteiger partial charge in [-0.25, -0.2) is 5.10 Å². The van der Waals surface area contributed by atoms with Gasteiger partial charge in [-0.2, -0.15) is 9.78 Å². The number of anilines is 2. The van der Waals surface area contributed by atoms with Crippen LogP contribution in [-0.2, 0) is 0 Å². The van der Waals surface area contributed by atoms with Crippen LogP contribution in [0.4, 0.5) is 11.6 Å². The van der Waals surface area contributed by atoms with Crippen molar-refractivity contribution in [2.24, 2.45) is 0 Å². The van der Waals surface area contributed by atoms with Crippen LogP contribution in [0.5, 0.6) is 17.2 Å². The molecule has 0 fully saturated rings.